The molecule has 0 aliphatic heterocycles. The molecule has 0 saturated heterocycles. The minimum atomic E-state index is -0.215. The summed E-state index contributed by atoms with van der Waals surface area (Å²) in [6.45, 7) is 3.93. The molecular formula is C20H21N5O. The van der Waals surface area contributed by atoms with Crippen LogP contribution < -0.4 is 10.2 Å². The van der Waals surface area contributed by atoms with Crippen molar-refractivity contribution in [1.82, 2.24) is 20.3 Å². The second-order valence-electron chi connectivity index (χ2n) is 5.78. The van der Waals surface area contributed by atoms with Crippen LogP contribution >= 0.6 is 0 Å². The molecule has 132 valence electrons. The van der Waals surface area contributed by atoms with E-state index in [0.717, 1.165) is 18.8 Å². The molecule has 0 spiro atoms. The molecule has 6 nitrogen and oxygen atoms in total. The number of carbonyl (C=O) groups excluding carboxylic acids is 1. The summed E-state index contributed by atoms with van der Waals surface area (Å²) in [6.07, 6.45) is 4.82. The highest BCUT2D eigenvalue weighted by atomic mass is 16.1. The highest BCUT2D eigenvalue weighted by Crippen LogP contribution is 2.12. The summed E-state index contributed by atoms with van der Waals surface area (Å²) < 4.78 is 0. The van der Waals surface area contributed by atoms with E-state index in [0.29, 0.717) is 18.1 Å². The van der Waals surface area contributed by atoms with Crippen LogP contribution in [0.3, 0.4) is 0 Å². The maximum absolute atomic E-state index is 12.2. The first-order chi connectivity index (χ1) is 12.8. The van der Waals surface area contributed by atoms with E-state index in [4.69, 9.17) is 0 Å². The number of hydrogen-bond acceptors (Lipinski definition) is 5. The van der Waals surface area contributed by atoms with E-state index in [2.05, 4.69) is 44.2 Å². The van der Waals surface area contributed by atoms with Gasteiger partial charge in [0, 0.05) is 31.7 Å². The van der Waals surface area contributed by atoms with E-state index in [1.165, 1.54) is 5.56 Å². The third kappa shape index (κ3) is 4.63. The van der Waals surface area contributed by atoms with Crippen molar-refractivity contribution in [3.05, 3.63) is 83.9 Å². The standard InChI is InChI=1S/C20H21N5O/c1-2-25(15-16-8-4-3-5-9-16)20-23-12-17(13-24-20)19(26)22-14-18-10-6-7-11-21-18/h3-13H,2,14-15H2,1H3,(H,22,26). The fourth-order valence-electron chi connectivity index (χ4n) is 2.51. The number of carbonyl (C=O) groups is 1. The molecule has 2 heterocycles. The number of hydrogen-bond donors (Lipinski definition) is 1. The van der Waals surface area contributed by atoms with Gasteiger partial charge in [0.15, 0.2) is 0 Å². The second kappa shape index (κ2) is 8.71. The molecule has 0 atom stereocenters. The van der Waals surface area contributed by atoms with E-state index < -0.39 is 0 Å². The molecule has 26 heavy (non-hydrogen) atoms. The van der Waals surface area contributed by atoms with Gasteiger partial charge in [0.1, 0.15) is 0 Å². The molecule has 6 heteroatoms. The topological polar surface area (TPSA) is 71.0 Å². The third-order valence-corrected chi connectivity index (χ3v) is 3.94. The van der Waals surface area contributed by atoms with Crippen LogP contribution in [0.5, 0.6) is 0 Å². The average Bonchev–Trinajstić information content (AvgIpc) is 2.72. The van der Waals surface area contributed by atoms with Crippen molar-refractivity contribution in [2.45, 2.75) is 20.0 Å². The summed E-state index contributed by atoms with van der Waals surface area (Å²) in [5, 5.41) is 2.82. The van der Waals surface area contributed by atoms with Gasteiger partial charge in [0.05, 0.1) is 17.8 Å². The first-order valence-electron chi connectivity index (χ1n) is 8.55. The van der Waals surface area contributed by atoms with E-state index in [-0.39, 0.29) is 5.91 Å². The van der Waals surface area contributed by atoms with E-state index in [1.54, 1.807) is 18.6 Å². The Kier molecular flexibility index (Phi) is 5.88. The summed E-state index contributed by atoms with van der Waals surface area (Å²) in [7, 11) is 0. The molecule has 2 aromatic heterocycles. The average molecular weight is 347 g/mol. The van der Waals surface area contributed by atoms with Gasteiger partial charge in [-0.05, 0) is 24.6 Å². The van der Waals surface area contributed by atoms with Gasteiger partial charge in [-0.2, -0.15) is 0 Å². The highest BCUT2D eigenvalue weighted by molar-refractivity contribution is 5.93. The molecule has 0 unspecified atom stereocenters. The van der Waals surface area contributed by atoms with Crippen LogP contribution in [0.15, 0.2) is 67.1 Å². The van der Waals surface area contributed by atoms with Gasteiger partial charge in [-0.1, -0.05) is 36.4 Å². The lowest BCUT2D eigenvalue weighted by atomic mass is 10.2. The molecule has 1 aromatic carbocycles. The number of pyridine rings is 1. The Morgan fingerprint density at radius 3 is 2.38 bits per heavy atom. The van der Waals surface area contributed by atoms with Crippen molar-refractivity contribution in [3.8, 4) is 0 Å². The molecule has 3 aromatic rings. The molecule has 0 saturated carbocycles. The van der Waals surface area contributed by atoms with Crippen LogP contribution in [0.2, 0.25) is 0 Å². The smallest absolute Gasteiger partial charge is 0.254 e. The largest absolute Gasteiger partial charge is 0.346 e. The van der Waals surface area contributed by atoms with Crippen LogP contribution in [0.25, 0.3) is 0 Å². The lowest BCUT2D eigenvalue weighted by Gasteiger charge is -2.20. The van der Waals surface area contributed by atoms with Crippen molar-refractivity contribution in [3.63, 3.8) is 0 Å². The fourth-order valence-corrected chi connectivity index (χ4v) is 2.51. The van der Waals surface area contributed by atoms with Crippen molar-refractivity contribution in [2.75, 3.05) is 11.4 Å². The number of nitrogens with zero attached hydrogens (tertiary/aromatic N) is 4. The predicted molar refractivity (Wildman–Crippen MR) is 101 cm³/mol. The maximum Gasteiger partial charge on any atom is 0.254 e. The van der Waals surface area contributed by atoms with Crippen LogP contribution in [0.1, 0.15) is 28.5 Å². The summed E-state index contributed by atoms with van der Waals surface area (Å²) in [5.41, 5.74) is 2.42. The van der Waals surface area contributed by atoms with Gasteiger partial charge in [0.2, 0.25) is 5.95 Å². The minimum Gasteiger partial charge on any atom is -0.346 e. The van der Waals surface area contributed by atoms with Crippen LogP contribution in [-0.2, 0) is 13.1 Å². The zero-order chi connectivity index (χ0) is 18.2. The van der Waals surface area contributed by atoms with Gasteiger partial charge in [-0.15, -0.1) is 0 Å². The Hall–Kier alpha value is -3.28. The van der Waals surface area contributed by atoms with Crippen LogP contribution in [0.4, 0.5) is 5.95 Å². The normalized spacial score (nSPS) is 10.3. The molecule has 0 radical (unpaired) electrons. The van der Waals surface area contributed by atoms with Crippen LogP contribution in [0, 0.1) is 0 Å². The van der Waals surface area contributed by atoms with Crippen LogP contribution in [-0.4, -0.2) is 27.4 Å². The number of amides is 1. The monoisotopic (exact) mass is 347 g/mol. The summed E-state index contributed by atoms with van der Waals surface area (Å²) in [4.78, 5) is 27.2. The molecule has 0 aliphatic carbocycles. The van der Waals surface area contributed by atoms with Gasteiger partial charge >= 0.3 is 0 Å². The van der Waals surface area contributed by atoms with Gasteiger partial charge in [0.25, 0.3) is 5.91 Å². The first kappa shape index (κ1) is 17.5. The molecular weight excluding hydrogens is 326 g/mol. The molecule has 0 fully saturated rings. The van der Waals surface area contributed by atoms with Crippen molar-refractivity contribution in [2.24, 2.45) is 0 Å². The molecule has 0 aliphatic rings. The van der Waals surface area contributed by atoms with E-state index in [9.17, 15) is 4.79 Å². The first-order valence-corrected chi connectivity index (χ1v) is 8.55. The Morgan fingerprint density at radius 1 is 1.00 bits per heavy atom. The molecule has 3 rings (SSSR count). The predicted octanol–water partition coefficient (Wildman–Crippen LogP) is 2.83. The van der Waals surface area contributed by atoms with Gasteiger partial charge in [-0.3, -0.25) is 9.78 Å². The van der Waals surface area contributed by atoms with Crippen molar-refractivity contribution < 1.29 is 4.79 Å². The fraction of sp³-hybridized carbons (Fsp3) is 0.200. The van der Waals surface area contributed by atoms with Crippen molar-refractivity contribution in [1.29, 1.82) is 0 Å². The third-order valence-electron chi connectivity index (χ3n) is 3.94. The summed E-state index contributed by atoms with van der Waals surface area (Å²) in [5.74, 6) is 0.394. The quantitative estimate of drug-likeness (QED) is 0.712. The minimum absolute atomic E-state index is 0.215. The Morgan fingerprint density at radius 2 is 1.73 bits per heavy atom. The number of aromatic nitrogens is 3. The lowest BCUT2D eigenvalue weighted by molar-refractivity contribution is 0.0949. The lowest BCUT2D eigenvalue weighted by Crippen LogP contribution is -2.26. The molecule has 1 N–H and O–H groups in total. The zero-order valence-electron chi connectivity index (χ0n) is 14.7. The number of nitrogens with one attached hydrogen (secondary N) is 1. The Labute approximate surface area is 153 Å². The van der Waals surface area contributed by atoms with E-state index >= 15 is 0 Å². The van der Waals surface area contributed by atoms with E-state index in [1.807, 2.05) is 36.4 Å². The van der Waals surface area contributed by atoms with Crippen molar-refractivity contribution >= 4 is 11.9 Å². The SMILES string of the molecule is CCN(Cc1ccccc1)c1ncc(C(=O)NCc2ccccn2)cn1. The number of anilines is 1. The number of benzene rings is 1. The Bertz CT molecular complexity index is 822. The molecule has 1 amide bonds. The maximum atomic E-state index is 12.2. The van der Waals surface area contributed by atoms with Gasteiger partial charge in [-0.25, -0.2) is 9.97 Å². The summed E-state index contributed by atoms with van der Waals surface area (Å²) in [6, 6.07) is 15.8. The van der Waals surface area contributed by atoms with Gasteiger partial charge < -0.3 is 10.2 Å². The number of rotatable bonds is 7. The second-order valence-corrected chi connectivity index (χ2v) is 5.78. The molecule has 0 bridgehead atoms. The zero-order valence-corrected chi connectivity index (χ0v) is 14.7. The Balaban J connectivity index is 1.62. The highest BCUT2D eigenvalue weighted by Gasteiger charge is 2.11. The summed E-state index contributed by atoms with van der Waals surface area (Å²) >= 11 is 0.